The molecule has 3 heteroatoms. The molecular weight excluding hydrogens is 258 g/mol. The molecule has 1 rings (SSSR count). The van der Waals surface area contributed by atoms with Crippen LogP contribution in [0.25, 0.3) is 5.57 Å². The molecule has 114 valence electrons. The highest BCUT2D eigenvalue weighted by Crippen LogP contribution is 2.27. The van der Waals surface area contributed by atoms with E-state index in [1.165, 1.54) is 18.4 Å². The largest absolute Gasteiger partial charge is 0.402 e. The van der Waals surface area contributed by atoms with Gasteiger partial charge in [-0.15, -0.1) is 0 Å². The van der Waals surface area contributed by atoms with Crippen molar-refractivity contribution in [2.24, 2.45) is 11.7 Å². The van der Waals surface area contributed by atoms with Crippen molar-refractivity contribution in [3.8, 4) is 0 Å². The summed E-state index contributed by atoms with van der Waals surface area (Å²) < 4.78 is 0. The van der Waals surface area contributed by atoms with Crippen molar-refractivity contribution in [1.29, 1.82) is 0 Å². The summed E-state index contributed by atoms with van der Waals surface area (Å²) in [5.41, 5.74) is 8.89. The topological polar surface area (TPSA) is 51.8 Å². The first-order chi connectivity index (χ1) is 10.1. The second kappa shape index (κ2) is 9.11. The number of allylic oxidation sites excluding steroid dienone is 5. The molecule has 21 heavy (non-hydrogen) atoms. The van der Waals surface area contributed by atoms with E-state index in [-0.39, 0.29) is 0 Å². The maximum absolute atomic E-state index is 6.04. The van der Waals surface area contributed by atoms with Crippen molar-refractivity contribution in [3.63, 3.8) is 0 Å². The monoisotopic (exact) mass is 285 g/mol. The van der Waals surface area contributed by atoms with Crippen LogP contribution in [0, 0.1) is 5.92 Å². The molecule has 0 aliphatic rings. The highest BCUT2D eigenvalue weighted by Gasteiger charge is 2.13. The Morgan fingerprint density at radius 3 is 2.24 bits per heavy atom. The number of rotatable bonds is 8. The molecule has 0 radical (unpaired) electrons. The van der Waals surface area contributed by atoms with Gasteiger partial charge in [-0.1, -0.05) is 39.3 Å². The first kappa shape index (κ1) is 17.2. The summed E-state index contributed by atoms with van der Waals surface area (Å²) in [5, 5.41) is 0. The van der Waals surface area contributed by atoms with Gasteiger partial charge in [0.1, 0.15) is 0 Å². The summed E-state index contributed by atoms with van der Waals surface area (Å²) in [6, 6.07) is 1.81. The van der Waals surface area contributed by atoms with Gasteiger partial charge >= 0.3 is 0 Å². The molecule has 1 aromatic rings. The number of nitrogens with zero attached hydrogens (tertiary/aromatic N) is 2. The Balaban J connectivity index is 3.18. The molecule has 0 amide bonds. The smallest absolute Gasteiger partial charge is 0.160 e. The molecule has 0 aliphatic carbocycles. The van der Waals surface area contributed by atoms with Gasteiger partial charge < -0.3 is 5.73 Å². The van der Waals surface area contributed by atoms with E-state index in [0.29, 0.717) is 11.7 Å². The zero-order valence-corrected chi connectivity index (χ0v) is 13.5. The van der Waals surface area contributed by atoms with E-state index in [1.54, 1.807) is 12.4 Å². The standard InChI is InChI=1S/C18H27N3/c1-5-9-16(10-6-2)15(7-3)13-17(14(4)19)18-20-11-8-12-21-18/h7-8,11-13,16H,3,5-6,9-10,19H2,1-2,4H3/b15-13+,17-14-. The SMILES string of the molecule is C=C/C(=C\C(=C(/C)N)c1ncccn1)C(CCC)CCC. The zero-order valence-electron chi connectivity index (χ0n) is 13.5. The van der Waals surface area contributed by atoms with Crippen molar-refractivity contribution in [2.45, 2.75) is 46.5 Å². The van der Waals surface area contributed by atoms with Crippen LogP contribution in [0.2, 0.25) is 0 Å². The van der Waals surface area contributed by atoms with Gasteiger partial charge in [0, 0.05) is 23.7 Å². The molecule has 0 saturated heterocycles. The van der Waals surface area contributed by atoms with Crippen LogP contribution in [-0.4, -0.2) is 9.97 Å². The van der Waals surface area contributed by atoms with Gasteiger partial charge in [0.2, 0.25) is 0 Å². The van der Waals surface area contributed by atoms with Gasteiger partial charge in [0.15, 0.2) is 5.82 Å². The molecule has 0 saturated carbocycles. The summed E-state index contributed by atoms with van der Waals surface area (Å²) in [5.74, 6) is 1.19. The molecule has 0 atom stereocenters. The van der Waals surface area contributed by atoms with Gasteiger partial charge in [-0.05, 0) is 43.4 Å². The molecule has 2 N–H and O–H groups in total. The van der Waals surface area contributed by atoms with Crippen LogP contribution in [0.15, 0.2) is 48.5 Å². The minimum absolute atomic E-state index is 0.524. The van der Waals surface area contributed by atoms with Crippen molar-refractivity contribution in [2.75, 3.05) is 0 Å². The van der Waals surface area contributed by atoms with Gasteiger partial charge in [-0.25, -0.2) is 9.97 Å². The van der Waals surface area contributed by atoms with Gasteiger partial charge in [0.05, 0.1) is 0 Å². The average Bonchev–Trinajstić information content (AvgIpc) is 2.49. The number of hydrogen-bond donors (Lipinski definition) is 1. The number of nitrogens with two attached hydrogens (primary N) is 1. The highest BCUT2D eigenvalue weighted by molar-refractivity contribution is 5.73. The maximum Gasteiger partial charge on any atom is 0.160 e. The molecule has 0 unspecified atom stereocenters. The zero-order chi connectivity index (χ0) is 15.7. The van der Waals surface area contributed by atoms with E-state index in [1.807, 2.05) is 19.1 Å². The van der Waals surface area contributed by atoms with Crippen molar-refractivity contribution in [1.82, 2.24) is 9.97 Å². The lowest BCUT2D eigenvalue weighted by molar-refractivity contribution is 0.513. The number of hydrogen-bond acceptors (Lipinski definition) is 3. The Kier molecular flexibility index (Phi) is 7.44. The fourth-order valence-electron chi connectivity index (χ4n) is 2.48. The molecule has 3 nitrogen and oxygen atoms in total. The lowest BCUT2D eigenvalue weighted by Gasteiger charge is -2.17. The van der Waals surface area contributed by atoms with Crippen LogP contribution in [0.4, 0.5) is 0 Å². The van der Waals surface area contributed by atoms with Crippen molar-refractivity contribution >= 4 is 5.57 Å². The summed E-state index contributed by atoms with van der Waals surface area (Å²) in [7, 11) is 0. The molecule has 1 aromatic heterocycles. The van der Waals surface area contributed by atoms with E-state index in [2.05, 4.69) is 36.5 Å². The number of aromatic nitrogens is 2. The van der Waals surface area contributed by atoms with Crippen LogP contribution in [0.5, 0.6) is 0 Å². The molecule has 0 spiro atoms. The molecular formula is C18H27N3. The Bertz CT molecular complexity index is 490. The van der Waals surface area contributed by atoms with Crippen LogP contribution >= 0.6 is 0 Å². The predicted molar refractivity (Wildman–Crippen MR) is 90.4 cm³/mol. The first-order valence-corrected chi connectivity index (χ1v) is 7.71. The third-order valence-corrected chi connectivity index (χ3v) is 3.52. The van der Waals surface area contributed by atoms with Gasteiger partial charge in [-0.3, -0.25) is 0 Å². The molecule has 0 bridgehead atoms. The summed E-state index contributed by atoms with van der Waals surface area (Å²) in [6.45, 7) is 10.3. The predicted octanol–water partition coefficient (Wildman–Crippen LogP) is 4.50. The van der Waals surface area contributed by atoms with Gasteiger partial charge in [-0.2, -0.15) is 0 Å². The molecule has 0 aromatic carbocycles. The van der Waals surface area contributed by atoms with Crippen LogP contribution in [-0.2, 0) is 0 Å². The van der Waals surface area contributed by atoms with Gasteiger partial charge in [0.25, 0.3) is 0 Å². The Morgan fingerprint density at radius 1 is 1.24 bits per heavy atom. The molecule has 0 aliphatic heterocycles. The van der Waals surface area contributed by atoms with Crippen LogP contribution < -0.4 is 5.73 Å². The third kappa shape index (κ3) is 5.18. The van der Waals surface area contributed by atoms with Crippen molar-refractivity contribution in [3.05, 3.63) is 54.3 Å². The minimum Gasteiger partial charge on any atom is -0.402 e. The van der Waals surface area contributed by atoms with E-state index in [4.69, 9.17) is 5.73 Å². The maximum atomic E-state index is 6.04. The normalized spacial score (nSPS) is 13.2. The van der Waals surface area contributed by atoms with Crippen molar-refractivity contribution < 1.29 is 0 Å². The van der Waals surface area contributed by atoms with Crippen LogP contribution in [0.3, 0.4) is 0 Å². The van der Waals surface area contributed by atoms with Crippen LogP contribution in [0.1, 0.15) is 52.3 Å². The summed E-state index contributed by atoms with van der Waals surface area (Å²) >= 11 is 0. The third-order valence-electron chi connectivity index (χ3n) is 3.52. The highest BCUT2D eigenvalue weighted by atomic mass is 14.9. The molecule has 0 fully saturated rings. The fourth-order valence-corrected chi connectivity index (χ4v) is 2.48. The first-order valence-electron chi connectivity index (χ1n) is 7.71. The average molecular weight is 285 g/mol. The summed E-state index contributed by atoms with van der Waals surface area (Å²) in [4.78, 5) is 8.62. The Hall–Kier alpha value is -1.90. The van der Waals surface area contributed by atoms with E-state index < -0.39 is 0 Å². The lowest BCUT2D eigenvalue weighted by atomic mass is 9.88. The fraction of sp³-hybridized carbons (Fsp3) is 0.444. The second-order valence-electron chi connectivity index (χ2n) is 5.29. The second-order valence-corrected chi connectivity index (χ2v) is 5.29. The summed E-state index contributed by atoms with van der Waals surface area (Å²) in [6.07, 6.45) is 12.2. The minimum atomic E-state index is 0.524. The van der Waals surface area contributed by atoms with E-state index in [0.717, 1.165) is 24.1 Å². The van der Waals surface area contributed by atoms with E-state index in [9.17, 15) is 0 Å². The Morgan fingerprint density at radius 2 is 1.81 bits per heavy atom. The molecule has 1 heterocycles. The quantitative estimate of drug-likeness (QED) is 0.716. The Labute approximate surface area is 128 Å². The van der Waals surface area contributed by atoms with E-state index >= 15 is 0 Å². The lowest BCUT2D eigenvalue weighted by Crippen LogP contribution is -2.05.